The van der Waals surface area contributed by atoms with Gasteiger partial charge in [0.25, 0.3) is 0 Å². The minimum Gasteiger partial charge on any atom is -0.402 e. The van der Waals surface area contributed by atoms with Crippen molar-refractivity contribution in [2.24, 2.45) is 0 Å². The lowest BCUT2D eigenvalue weighted by Crippen LogP contribution is -2.45. The first-order valence-corrected chi connectivity index (χ1v) is 11.7. The first-order valence-electron chi connectivity index (χ1n) is 11.7. The molecule has 2 unspecified atom stereocenters. The molecule has 38 heavy (non-hydrogen) atoms. The number of nitrogen functional groups attached to an aromatic ring is 1. The van der Waals surface area contributed by atoms with Gasteiger partial charge >= 0.3 is 12.4 Å². The van der Waals surface area contributed by atoms with E-state index in [-0.39, 0.29) is 12.6 Å². The van der Waals surface area contributed by atoms with Crippen LogP contribution in [0.2, 0.25) is 0 Å². The Labute approximate surface area is 215 Å². The van der Waals surface area contributed by atoms with Gasteiger partial charge in [-0.05, 0) is 31.2 Å². The summed E-state index contributed by atoms with van der Waals surface area (Å²) in [6, 6.07) is 7.40. The van der Waals surface area contributed by atoms with Crippen LogP contribution in [-0.4, -0.2) is 56.7 Å². The topological polar surface area (TPSA) is 144 Å². The van der Waals surface area contributed by atoms with E-state index < -0.39 is 29.6 Å². The molecule has 0 aromatic carbocycles. The number of rotatable bonds is 4. The summed E-state index contributed by atoms with van der Waals surface area (Å²) in [6.07, 6.45) is -1.57. The van der Waals surface area contributed by atoms with Gasteiger partial charge in [0.05, 0.1) is 54.5 Å². The summed E-state index contributed by atoms with van der Waals surface area (Å²) in [7, 11) is 0. The second-order valence-electron chi connectivity index (χ2n) is 9.06. The SMILES string of the molecule is CC(NC(=O)N1CCC2(C1)OCCn1nc(-c3cnc(N)c(OC(F)(F)F)c3)cc12)c1cc(C#N)ccn1. The summed E-state index contributed by atoms with van der Waals surface area (Å²) >= 11 is 0. The average Bonchev–Trinajstić information content (AvgIpc) is 3.51. The van der Waals surface area contributed by atoms with Crippen molar-refractivity contribution in [3.63, 3.8) is 0 Å². The molecular formula is C24H23F3N8O3. The molecule has 5 rings (SSSR count). The number of nitriles is 1. The highest BCUT2D eigenvalue weighted by molar-refractivity contribution is 5.75. The number of nitrogens with zero attached hydrogens (tertiary/aromatic N) is 6. The minimum absolute atomic E-state index is 0.255. The summed E-state index contributed by atoms with van der Waals surface area (Å²) in [5, 5.41) is 16.6. The van der Waals surface area contributed by atoms with E-state index in [0.29, 0.717) is 54.3 Å². The summed E-state index contributed by atoms with van der Waals surface area (Å²) in [6.45, 7) is 3.24. The third-order valence-corrected chi connectivity index (χ3v) is 6.54. The maximum atomic E-state index is 13.0. The summed E-state index contributed by atoms with van der Waals surface area (Å²) in [5.41, 5.74) is 7.12. The quantitative estimate of drug-likeness (QED) is 0.526. The third-order valence-electron chi connectivity index (χ3n) is 6.54. The van der Waals surface area contributed by atoms with Crippen molar-refractivity contribution in [3.05, 3.63) is 53.6 Å². The smallest absolute Gasteiger partial charge is 0.402 e. The van der Waals surface area contributed by atoms with Crippen molar-refractivity contribution in [2.75, 3.05) is 25.4 Å². The van der Waals surface area contributed by atoms with Crippen LogP contribution in [0, 0.1) is 11.3 Å². The van der Waals surface area contributed by atoms with Crippen molar-refractivity contribution >= 4 is 11.8 Å². The highest BCUT2D eigenvalue weighted by atomic mass is 19.4. The predicted molar refractivity (Wildman–Crippen MR) is 126 cm³/mol. The fraction of sp³-hybridized carbons (Fsp3) is 0.375. The molecule has 2 aliphatic heterocycles. The van der Waals surface area contributed by atoms with E-state index in [4.69, 9.17) is 15.7 Å². The monoisotopic (exact) mass is 528 g/mol. The van der Waals surface area contributed by atoms with E-state index >= 15 is 0 Å². The second kappa shape index (κ2) is 9.49. The predicted octanol–water partition coefficient (Wildman–Crippen LogP) is 3.09. The van der Waals surface area contributed by atoms with Gasteiger partial charge in [0, 0.05) is 30.9 Å². The number of fused-ring (bicyclic) bond motifs is 2. The standard InChI is InChI=1S/C24H23F3N8O3/c1-14(17-8-15(11-28)2-4-30-17)32-22(36)34-5-3-23(13-34)20-10-18(33-35(20)6-7-37-23)16-9-19(21(29)31-12-16)38-24(25,26)27/h2,4,8-10,12,14H,3,5-7,13H2,1H3,(H2,29,31)(H,32,36). The first-order chi connectivity index (χ1) is 18.1. The maximum absolute atomic E-state index is 13.0. The van der Waals surface area contributed by atoms with Gasteiger partial charge in [-0.3, -0.25) is 9.67 Å². The molecule has 2 aliphatic rings. The van der Waals surface area contributed by atoms with Gasteiger partial charge in [-0.2, -0.15) is 10.4 Å². The van der Waals surface area contributed by atoms with Crippen molar-refractivity contribution in [3.8, 4) is 23.1 Å². The second-order valence-corrected chi connectivity index (χ2v) is 9.06. The summed E-state index contributed by atoms with van der Waals surface area (Å²) in [5.74, 6) is -1.00. The number of hydrogen-bond donors (Lipinski definition) is 2. The summed E-state index contributed by atoms with van der Waals surface area (Å²) in [4.78, 5) is 22.7. The van der Waals surface area contributed by atoms with Crippen LogP contribution in [0.4, 0.5) is 23.8 Å². The van der Waals surface area contributed by atoms with Gasteiger partial charge < -0.3 is 25.4 Å². The van der Waals surface area contributed by atoms with Crippen LogP contribution in [0.15, 0.2) is 36.7 Å². The Kier molecular flexibility index (Phi) is 6.31. The fourth-order valence-electron chi connectivity index (χ4n) is 4.69. The van der Waals surface area contributed by atoms with Gasteiger partial charge in [-0.25, -0.2) is 9.78 Å². The van der Waals surface area contributed by atoms with Gasteiger partial charge in [0.2, 0.25) is 0 Å². The van der Waals surface area contributed by atoms with Crippen LogP contribution in [0.25, 0.3) is 11.3 Å². The zero-order valence-electron chi connectivity index (χ0n) is 20.2. The molecule has 0 aliphatic carbocycles. The zero-order chi connectivity index (χ0) is 27.1. The lowest BCUT2D eigenvalue weighted by atomic mass is 9.96. The summed E-state index contributed by atoms with van der Waals surface area (Å²) < 4.78 is 50.2. The fourth-order valence-corrected chi connectivity index (χ4v) is 4.69. The molecule has 1 saturated heterocycles. The van der Waals surface area contributed by atoms with E-state index in [1.54, 1.807) is 34.7 Å². The lowest BCUT2D eigenvalue weighted by Gasteiger charge is -2.34. The van der Waals surface area contributed by atoms with Crippen LogP contribution in [0.1, 0.15) is 36.3 Å². The van der Waals surface area contributed by atoms with Crippen LogP contribution < -0.4 is 15.8 Å². The normalized spacial score (nSPS) is 19.6. The highest BCUT2D eigenvalue weighted by Gasteiger charge is 2.47. The van der Waals surface area contributed by atoms with Crippen LogP contribution >= 0.6 is 0 Å². The zero-order valence-corrected chi connectivity index (χ0v) is 20.2. The molecule has 0 saturated carbocycles. The molecule has 2 amide bonds. The number of hydrogen-bond acceptors (Lipinski definition) is 8. The Bertz CT molecular complexity index is 1420. The van der Waals surface area contributed by atoms with Gasteiger partial charge in [-0.15, -0.1) is 13.2 Å². The van der Waals surface area contributed by atoms with Crippen molar-refractivity contribution in [1.82, 2.24) is 30.0 Å². The van der Waals surface area contributed by atoms with E-state index in [2.05, 4.69) is 31.2 Å². The van der Waals surface area contributed by atoms with Crippen LogP contribution in [0.5, 0.6) is 5.75 Å². The number of urea groups is 1. The number of halogens is 3. The number of nitrogens with one attached hydrogen (secondary N) is 1. The van der Waals surface area contributed by atoms with Gasteiger partial charge in [0.1, 0.15) is 5.60 Å². The van der Waals surface area contributed by atoms with E-state index in [1.807, 2.05) is 0 Å². The molecular weight excluding hydrogens is 505 g/mol. The minimum atomic E-state index is -4.92. The maximum Gasteiger partial charge on any atom is 0.573 e. The molecule has 3 N–H and O–H groups in total. The van der Waals surface area contributed by atoms with Crippen LogP contribution in [0.3, 0.4) is 0 Å². The number of aromatic nitrogens is 4. The lowest BCUT2D eigenvalue weighted by molar-refractivity contribution is -0.274. The van der Waals surface area contributed by atoms with Crippen molar-refractivity contribution < 1.29 is 27.4 Å². The molecule has 2 atom stereocenters. The number of ether oxygens (including phenoxy) is 2. The van der Waals surface area contributed by atoms with Gasteiger partial charge in [0.15, 0.2) is 11.6 Å². The molecule has 14 heteroatoms. The number of nitrogens with two attached hydrogens (primary N) is 1. The number of carbonyl (C=O) groups excluding carboxylic acids is 1. The van der Waals surface area contributed by atoms with Gasteiger partial charge in [-0.1, -0.05) is 0 Å². The van der Waals surface area contributed by atoms with Crippen molar-refractivity contribution in [1.29, 1.82) is 5.26 Å². The number of anilines is 1. The average molecular weight is 528 g/mol. The number of alkyl halides is 3. The first kappa shape index (κ1) is 25.3. The largest absolute Gasteiger partial charge is 0.573 e. The Balaban J connectivity index is 1.34. The molecule has 11 nitrogen and oxygen atoms in total. The Morgan fingerprint density at radius 1 is 1.32 bits per heavy atom. The molecule has 0 bridgehead atoms. The number of carbonyl (C=O) groups is 1. The molecule has 0 radical (unpaired) electrons. The Hall–Kier alpha value is -4.38. The number of amides is 2. The molecule has 3 aromatic rings. The molecule has 1 spiro atoms. The number of pyridine rings is 2. The van der Waals surface area contributed by atoms with Crippen LogP contribution in [-0.2, 0) is 16.9 Å². The van der Waals surface area contributed by atoms with Crippen molar-refractivity contribution in [2.45, 2.75) is 37.9 Å². The molecule has 3 aromatic heterocycles. The van der Waals surface area contributed by atoms with E-state index in [0.717, 1.165) is 6.07 Å². The molecule has 198 valence electrons. The molecule has 5 heterocycles. The Morgan fingerprint density at radius 2 is 2.13 bits per heavy atom. The Morgan fingerprint density at radius 3 is 2.89 bits per heavy atom. The van der Waals surface area contributed by atoms with E-state index in [9.17, 15) is 18.0 Å². The van der Waals surface area contributed by atoms with E-state index in [1.165, 1.54) is 12.4 Å². The third kappa shape index (κ3) is 4.92. The highest BCUT2D eigenvalue weighted by Crippen LogP contribution is 2.40. The molecule has 1 fully saturated rings. The number of likely N-dealkylation sites (tertiary alicyclic amines) is 1.